The molecule has 20 heavy (non-hydrogen) atoms. The first-order chi connectivity index (χ1) is 9.34. The summed E-state index contributed by atoms with van der Waals surface area (Å²) in [4.78, 5) is 0.0298. The van der Waals surface area contributed by atoms with Crippen LogP contribution >= 0.6 is 11.6 Å². The molecule has 1 aromatic carbocycles. The highest BCUT2D eigenvalue weighted by Crippen LogP contribution is 2.30. The summed E-state index contributed by atoms with van der Waals surface area (Å²) in [6.07, 6.45) is 2.49. The van der Waals surface area contributed by atoms with E-state index in [2.05, 4.69) is 0 Å². The number of rotatable bonds is 3. The fraction of sp³-hybridized carbons (Fsp3) is 0.538. The molecule has 1 fully saturated rings. The van der Waals surface area contributed by atoms with Crippen LogP contribution in [0.3, 0.4) is 0 Å². The van der Waals surface area contributed by atoms with Crippen molar-refractivity contribution in [3.8, 4) is 0 Å². The number of anilines is 1. The number of hydrogen-bond acceptors (Lipinski definition) is 4. The number of hydrogen-bond donors (Lipinski definition) is 2. The monoisotopic (exact) mass is 318 g/mol. The Hall–Kier alpha value is -0.820. The highest BCUT2D eigenvalue weighted by atomic mass is 35.5. The first-order valence-corrected chi connectivity index (χ1v) is 8.37. The molecule has 7 heteroatoms. The maximum Gasteiger partial charge on any atom is 0.245 e. The fourth-order valence-corrected chi connectivity index (χ4v) is 4.29. The van der Waals surface area contributed by atoms with Gasteiger partial charge in [0.15, 0.2) is 0 Å². The molecule has 2 rings (SSSR count). The van der Waals surface area contributed by atoms with Gasteiger partial charge in [-0.25, -0.2) is 8.42 Å². The maximum absolute atomic E-state index is 12.6. The van der Waals surface area contributed by atoms with Crippen molar-refractivity contribution in [2.75, 3.05) is 12.8 Å². The summed E-state index contributed by atoms with van der Waals surface area (Å²) >= 11 is 5.79. The van der Waals surface area contributed by atoms with Gasteiger partial charge in [-0.1, -0.05) is 24.4 Å². The molecule has 0 heterocycles. The van der Waals surface area contributed by atoms with E-state index in [-0.39, 0.29) is 10.6 Å². The molecule has 0 spiro atoms. The van der Waals surface area contributed by atoms with Gasteiger partial charge in [0.2, 0.25) is 10.0 Å². The Morgan fingerprint density at radius 3 is 2.60 bits per heavy atom. The van der Waals surface area contributed by atoms with Gasteiger partial charge in [0.1, 0.15) is 4.90 Å². The number of halogens is 1. The zero-order chi connectivity index (χ0) is 14.9. The van der Waals surface area contributed by atoms with Crippen LogP contribution < -0.4 is 5.73 Å². The predicted octanol–water partition coefficient (Wildman–Crippen LogP) is 1.85. The molecule has 112 valence electrons. The van der Waals surface area contributed by atoms with Crippen LogP contribution in [-0.4, -0.2) is 37.0 Å². The number of benzene rings is 1. The van der Waals surface area contributed by atoms with E-state index in [0.717, 1.165) is 12.8 Å². The SMILES string of the molecule is CN(C1CCCCC1O)S(=O)(=O)c1ccc(Cl)cc1N. The second-order valence-corrected chi connectivity index (χ2v) is 7.52. The van der Waals surface area contributed by atoms with Crippen molar-refractivity contribution < 1.29 is 13.5 Å². The summed E-state index contributed by atoms with van der Waals surface area (Å²) in [7, 11) is -2.24. The van der Waals surface area contributed by atoms with Gasteiger partial charge in [-0.3, -0.25) is 0 Å². The molecule has 0 aliphatic heterocycles. The number of nitrogens with zero attached hydrogens (tertiary/aromatic N) is 1. The van der Waals surface area contributed by atoms with Crippen molar-refractivity contribution in [1.82, 2.24) is 4.31 Å². The lowest BCUT2D eigenvalue weighted by Crippen LogP contribution is -2.46. The number of aliphatic hydroxyl groups is 1. The molecule has 0 bridgehead atoms. The van der Waals surface area contributed by atoms with Crippen molar-refractivity contribution in [2.24, 2.45) is 0 Å². The molecule has 2 atom stereocenters. The third-order valence-electron chi connectivity index (χ3n) is 3.79. The number of nitrogens with two attached hydrogens (primary N) is 1. The highest BCUT2D eigenvalue weighted by Gasteiger charge is 2.35. The van der Waals surface area contributed by atoms with Crippen LogP contribution in [0.4, 0.5) is 5.69 Å². The second-order valence-electron chi connectivity index (χ2n) is 5.12. The standard InChI is InChI=1S/C13H19ClN2O3S/c1-16(11-4-2-3-5-12(11)17)20(18,19)13-7-6-9(14)8-10(13)15/h6-8,11-12,17H,2-5,15H2,1H3. The minimum Gasteiger partial charge on any atom is -0.398 e. The molecule has 2 unspecified atom stereocenters. The van der Waals surface area contributed by atoms with Crippen molar-refractivity contribution in [3.63, 3.8) is 0 Å². The summed E-state index contributed by atoms with van der Waals surface area (Å²) in [5.41, 5.74) is 5.88. The first-order valence-electron chi connectivity index (χ1n) is 6.55. The largest absolute Gasteiger partial charge is 0.398 e. The number of likely N-dealkylation sites (N-methyl/N-ethyl adjacent to an activating group) is 1. The smallest absolute Gasteiger partial charge is 0.245 e. The normalized spacial score (nSPS) is 24.0. The van der Waals surface area contributed by atoms with E-state index in [1.807, 2.05) is 0 Å². The van der Waals surface area contributed by atoms with Crippen molar-refractivity contribution in [3.05, 3.63) is 23.2 Å². The van der Waals surface area contributed by atoms with Crippen molar-refractivity contribution >= 4 is 27.3 Å². The fourth-order valence-electron chi connectivity index (χ4n) is 2.60. The van der Waals surface area contributed by atoms with E-state index in [4.69, 9.17) is 17.3 Å². The number of sulfonamides is 1. The summed E-state index contributed by atoms with van der Waals surface area (Å²) in [6.45, 7) is 0. The highest BCUT2D eigenvalue weighted by molar-refractivity contribution is 7.89. The molecule has 1 aliphatic carbocycles. The third-order valence-corrected chi connectivity index (χ3v) is 5.98. The van der Waals surface area contributed by atoms with Crippen LogP contribution in [0.5, 0.6) is 0 Å². The summed E-state index contributed by atoms with van der Waals surface area (Å²) in [6, 6.07) is 3.91. The van der Waals surface area contributed by atoms with Gasteiger partial charge >= 0.3 is 0 Å². The molecule has 5 nitrogen and oxygen atoms in total. The van der Waals surface area contributed by atoms with Gasteiger partial charge in [0.25, 0.3) is 0 Å². The number of aliphatic hydroxyl groups excluding tert-OH is 1. The van der Waals surface area contributed by atoms with Gasteiger partial charge in [-0.15, -0.1) is 0 Å². The van der Waals surface area contributed by atoms with Crippen LogP contribution in [0.15, 0.2) is 23.1 Å². The van der Waals surface area contributed by atoms with E-state index < -0.39 is 22.2 Å². The molecule has 0 radical (unpaired) electrons. The lowest BCUT2D eigenvalue weighted by molar-refractivity contribution is 0.0638. The zero-order valence-corrected chi connectivity index (χ0v) is 12.9. The first kappa shape index (κ1) is 15.6. The van der Waals surface area contributed by atoms with E-state index in [9.17, 15) is 13.5 Å². The van der Waals surface area contributed by atoms with E-state index in [0.29, 0.717) is 17.9 Å². The Labute approximate surface area is 124 Å². The Balaban J connectivity index is 2.33. The van der Waals surface area contributed by atoms with E-state index >= 15 is 0 Å². The quantitative estimate of drug-likeness (QED) is 0.833. The Morgan fingerprint density at radius 2 is 2.00 bits per heavy atom. The summed E-state index contributed by atoms with van der Waals surface area (Å²) < 4.78 is 26.4. The van der Waals surface area contributed by atoms with Crippen molar-refractivity contribution in [1.29, 1.82) is 0 Å². The molecule has 1 saturated carbocycles. The van der Waals surface area contributed by atoms with Gasteiger partial charge in [-0.05, 0) is 31.0 Å². The lowest BCUT2D eigenvalue weighted by Gasteiger charge is -2.34. The van der Waals surface area contributed by atoms with E-state index in [1.165, 1.54) is 29.6 Å². The molecule has 0 amide bonds. The third kappa shape index (κ3) is 2.93. The summed E-state index contributed by atoms with van der Waals surface area (Å²) in [5, 5.41) is 10.4. The summed E-state index contributed by atoms with van der Waals surface area (Å²) in [5.74, 6) is 0. The molecule has 1 aromatic rings. The minimum atomic E-state index is -3.73. The van der Waals surface area contributed by atoms with E-state index in [1.54, 1.807) is 0 Å². The van der Waals surface area contributed by atoms with Gasteiger partial charge in [0.05, 0.1) is 17.8 Å². The van der Waals surface area contributed by atoms with Gasteiger partial charge < -0.3 is 10.8 Å². The molecular formula is C13H19ClN2O3S. The van der Waals surface area contributed by atoms with Crippen LogP contribution in [0.25, 0.3) is 0 Å². The average Bonchev–Trinajstić information content (AvgIpc) is 2.38. The van der Waals surface area contributed by atoms with Crippen LogP contribution in [0.2, 0.25) is 5.02 Å². The molecule has 3 N–H and O–H groups in total. The molecule has 1 aliphatic rings. The maximum atomic E-state index is 12.6. The number of nitrogen functional groups attached to an aromatic ring is 1. The molecular weight excluding hydrogens is 300 g/mol. The van der Waals surface area contributed by atoms with Crippen LogP contribution in [-0.2, 0) is 10.0 Å². The Morgan fingerprint density at radius 1 is 1.35 bits per heavy atom. The second kappa shape index (κ2) is 5.89. The Kier molecular flexibility index (Phi) is 4.59. The van der Waals surface area contributed by atoms with Gasteiger partial charge in [-0.2, -0.15) is 4.31 Å². The van der Waals surface area contributed by atoms with Crippen molar-refractivity contribution in [2.45, 2.75) is 42.7 Å². The minimum absolute atomic E-state index is 0.0298. The van der Waals surface area contributed by atoms with Gasteiger partial charge in [0, 0.05) is 12.1 Å². The Bertz CT molecular complexity index is 591. The zero-order valence-electron chi connectivity index (χ0n) is 11.3. The predicted molar refractivity (Wildman–Crippen MR) is 79.1 cm³/mol. The topological polar surface area (TPSA) is 83.6 Å². The molecule has 0 aromatic heterocycles. The molecule has 0 saturated heterocycles. The average molecular weight is 319 g/mol. The lowest BCUT2D eigenvalue weighted by atomic mass is 9.93. The van der Waals surface area contributed by atoms with Crippen LogP contribution in [0, 0.1) is 0 Å². The van der Waals surface area contributed by atoms with Crippen LogP contribution in [0.1, 0.15) is 25.7 Å².